The van der Waals surface area contributed by atoms with Crippen molar-refractivity contribution in [3.8, 4) is 0 Å². The monoisotopic (exact) mass is 321 g/mol. The maximum absolute atomic E-state index is 12.7. The van der Waals surface area contributed by atoms with Crippen LogP contribution in [0, 0.1) is 11.8 Å². The highest BCUT2D eigenvalue weighted by atomic mass is 19.4. The molecule has 0 radical (unpaired) electrons. The van der Waals surface area contributed by atoms with Gasteiger partial charge >= 0.3 is 12.4 Å². The van der Waals surface area contributed by atoms with Crippen LogP contribution in [-0.2, 0) is 9.47 Å². The van der Waals surface area contributed by atoms with Crippen molar-refractivity contribution in [1.29, 1.82) is 0 Å². The van der Waals surface area contributed by atoms with Crippen LogP contribution in [0.25, 0.3) is 0 Å². The van der Waals surface area contributed by atoms with Gasteiger partial charge in [0, 0.05) is 25.7 Å². The van der Waals surface area contributed by atoms with Gasteiger partial charge in [-0.15, -0.1) is 0 Å². The average molecular weight is 321 g/mol. The minimum Gasteiger partial charge on any atom is -0.378 e. The molecular formula is C12H17F6NO2. The van der Waals surface area contributed by atoms with Crippen molar-refractivity contribution in [1.82, 2.24) is 0 Å². The Hall–Kier alpha value is -0.540. The third-order valence-corrected chi connectivity index (χ3v) is 4.23. The van der Waals surface area contributed by atoms with E-state index in [1.165, 1.54) is 0 Å². The fraction of sp³-hybridized carbons (Fsp3) is 1.00. The number of rotatable bonds is 2. The maximum atomic E-state index is 12.7. The van der Waals surface area contributed by atoms with Crippen LogP contribution < -0.4 is 5.73 Å². The molecule has 2 heterocycles. The van der Waals surface area contributed by atoms with Gasteiger partial charge in [0.15, 0.2) is 5.92 Å². The largest absolute Gasteiger partial charge is 0.402 e. The Morgan fingerprint density at radius 1 is 1.05 bits per heavy atom. The molecule has 2 N–H and O–H groups in total. The zero-order valence-electron chi connectivity index (χ0n) is 11.1. The third kappa shape index (κ3) is 3.62. The fourth-order valence-electron chi connectivity index (χ4n) is 3.15. The molecule has 0 amide bonds. The Bertz CT molecular complexity index is 350. The van der Waals surface area contributed by atoms with Crippen LogP contribution in [0.15, 0.2) is 0 Å². The van der Waals surface area contributed by atoms with Gasteiger partial charge in [0.1, 0.15) is 0 Å². The van der Waals surface area contributed by atoms with E-state index in [0.29, 0.717) is 13.0 Å². The molecule has 3 unspecified atom stereocenters. The third-order valence-electron chi connectivity index (χ3n) is 4.23. The van der Waals surface area contributed by atoms with Crippen LogP contribution in [-0.4, -0.2) is 43.8 Å². The molecule has 0 aliphatic carbocycles. The Morgan fingerprint density at radius 2 is 1.67 bits per heavy atom. The standard InChI is InChI=1S/C12H17F6NO2/c13-11(14,15)9(12(16,17)18)8(19)7-1-3-21-10(5-7)2-4-20-6-10/h7-9H,1-6,19H2. The molecule has 21 heavy (non-hydrogen) atoms. The zero-order valence-corrected chi connectivity index (χ0v) is 11.1. The highest BCUT2D eigenvalue weighted by Crippen LogP contribution is 2.46. The van der Waals surface area contributed by atoms with E-state index in [1.54, 1.807) is 0 Å². The Balaban J connectivity index is 2.15. The van der Waals surface area contributed by atoms with E-state index in [0.717, 1.165) is 0 Å². The highest BCUT2D eigenvalue weighted by Gasteiger charge is 2.61. The first-order valence-corrected chi connectivity index (χ1v) is 6.66. The number of alkyl halides is 6. The summed E-state index contributed by atoms with van der Waals surface area (Å²) in [6.07, 6.45) is -10.2. The summed E-state index contributed by atoms with van der Waals surface area (Å²) in [6.45, 7) is 0.688. The number of hydrogen-bond acceptors (Lipinski definition) is 3. The number of hydrogen-bond donors (Lipinski definition) is 1. The summed E-state index contributed by atoms with van der Waals surface area (Å²) in [5, 5.41) is 0. The van der Waals surface area contributed by atoms with Crippen molar-refractivity contribution in [3.63, 3.8) is 0 Å². The lowest BCUT2D eigenvalue weighted by atomic mass is 9.77. The lowest BCUT2D eigenvalue weighted by molar-refractivity contribution is -0.294. The van der Waals surface area contributed by atoms with Gasteiger partial charge in [-0.05, 0) is 18.8 Å². The number of ether oxygens (including phenoxy) is 2. The van der Waals surface area contributed by atoms with Gasteiger partial charge in [0.05, 0.1) is 12.2 Å². The van der Waals surface area contributed by atoms with Gasteiger partial charge in [-0.3, -0.25) is 0 Å². The zero-order chi connectivity index (χ0) is 15.9. The van der Waals surface area contributed by atoms with Gasteiger partial charge < -0.3 is 15.2 Å². The molecule has 2 fully saturated rings. The minimum atomic E-state index is -5.41. The predicted octanol–water partition coefficient (Wildman–Crippen LogP) is 2.64. The summed E-state index contributed by atoms with van der Waals surface area (Å²) >= 11 is 0. The molecule has 0 saturated carbocycles. The Labute approximate surface area is 117 Å². The van der Waals surface area contributed by atoms with E-state index in [1.807, 2.05) is 0 Å². The molecular weight excluding hydrogens is 304 g/mol. The summed E-state index contributed by atoms with van der Waals surface area (Å²) in [5.74, 6) is -4.40. The van der Waals surface area contributed by atoms with Crippen molar-refractivity contribution in [2.24, 2.45) is 17.6 Å². The van der Waals surface area contributed by atoms with E-state index in [2.05, 4.69) is 0 Å². The molecule has 0 aromatic heterocycles. The summed E-state index contributed by atoms with van der Waals surface area (Å²) in [6, 6.07) is -2.02. The van der Waals surface area contributed by atoms with Crippen molar-refractivity contribution in [2.75, 3.05) is 19.8 Å². The highest BCUT2D eigenvalue weighted by molar-refractivity contribution is 4.97. The molecule has 2 saturated heterocycles. The molecule has 9 heteroatoms. The van der Waals surface area contributed by atoms with Crippen molar-refractivity contribution < 1.29 is 35.8 Å². The lowest BCUT2D eigenvalue weighted by Gasteiger charge is -2.41. The van der Waals surface area contributed by atoms with Crippen molar-refractivity contribution >= 4 is 0 Å². The Morgan fingerprint density at radius 3 is 2.14 bits per heavy atom. The normalized spacial score (nSPS) is 32.9. The smallest absolute Gasteiger partial charge is 0.378 e. The van der Waals surface area contributed by atoms with E-state index < -0.39 is 35.8 Å². The SMILES string of the molecule is NC(C1CCOC2(CCOC2)C1)C(C(F)(F)F)C(F)(F)F. The first kappa shape index (κ1) is 16.8. The molecule has 2 aliphatic heterocycles. The minimum absolute atomic E-state index is 0.0663. The van der Waals surface area contributed by atoms with Crippen LogP contribution >= 0.6 is 0 Å². The second-order valence-corrected chi connectivity index (χ2v) is 5.73. The van der Waals surface area contributed by atoms with Gasteiger partial charge in [-0.1, -0.05) is 0 Å². The van der Waals surface area contributed by atoms with Gasteiger partial charge in [0.2, 0.25) is 0 Å². The molecule has 124 valence electrons. The summed E-state index contributed by atoms with van der Waals surface area (Å²) in [4.78, 5) is 0. The van der Waals surface area contributed by atoms with Crippen LogP contribution in [0.4, 0.5) is 26.3 Å². The quantitative estimate of drug-likeness (QED) is 0.795. The lowest BCUT2D eigenvalue weighted by Crippen LogP contribution is -2.55. The summed E-state index contributed by atoms with van der Waals surface area (Å²) in [5.41, 5.74) is 4.60. The van der Waals surface area contributed by atoms with Crippen molar-refractivity contribution in [2.45, 2.75) is 43.3 Å². The van der Waals surface area contributed by atoms with E-state index in [9.17, 15) is 26.3 Å². The van der Waals surface area contributed by atoms with Crippen molar-refractivity contribution in [3.05, 3.63) is 0 Å². The topological polar surface area (TPSA) is 44.5 Å². The first-order valence-electron chi connectivity index (χ1n) is 6.66. The molecule has 0 bridgehead atoms. The molecule has 2 aliphatic rings. The van der Waals surface area contributed by atoms with Crippen LogP contribution in [0.3, 0.4) is 0 Å². The number of halogens is 6. The second-order valence-electron chi connectivity index (χ2n) is 5.73. The number of nitrogens with two attached hydrogens (primary N) is 1. The molecule has 1 spiro atoms. The molecule has 0 aromatic carbocycles. The molecule has 0 aromatic rings. The molecule has 3 nitrogen and oxygen atoms in total. The van der Waals surface area contributed by atoms with Crippen LogP contribution in [0.2, 0.25) is 0 Å². The second kappa shape index (κ2) is 5.58. The molecule has 3 atom stereocenters. The maximum Gasteiger partial charge on any atom is 0.402 e. The van der Waals surface area contributed by atoms with Crippen LogP contribution in [0.5, 0.6) is 0 Å². The van der Waals surface area contributed by atoms with Gasteiger partial charge in [-0.2, -0.15) is 26.3 Å². The first-order chi connectivity index (χ1) is 9.55. The predicted molar refractivity (Wildman–Crippen MR) is 60.4 cm³/mol. The summed E-state index contributed by atoms with van der Waals surface area (Å²) < 4.78 is 87.1. The average Bonchev–Trinajstić information content (AvgIpc) is 2.73. The fourth-order valence-corrected chi connectivity index (χ4v) is 3.15. The van der Waals surface area contributed by atoms with Gasteiger partial charge in [-0.25, -0.2) is 0 Å². The van der Waals surface area contributed by atoms with E-state index >= 15 is 0 Å². The van der Waals surface area contributed by atoms with Crippen LogP contribution in [0.1, 0.15) is 19.3 Å². The van der Waals surface area contributed by atoms with Gasteiger partial charge in [0.25, 0.3) is 0 Å². The Kier molecular flexibility index (Phi) is 4.47. The van der Waals surface area contributed by atoms with E-state index in [-0.39, 0.29) is 26.1 Å². The van der Waals surface area contributed by atoms with E-state index in [4.69, 9.17) is 15.2 Å². The molecule has 2 rings (SSSR count). The summed E-state index contributed by atoms with van der Waals surface area (Å²) in [7, 11) is 0.